The van der Waals surface area contributed by atoms with Crippen molar-refractivity contribution in [2.24, 2.45) is 0 Å². The second-order valence-electron chi connectivity index (χ2n) is 6.52. The molecule has 4 rings (SSSR count). The van der Waals surface area contributed by atoms with Gasteiger partial charge in [-0.3, -0.25) is 9.48 Å². The molecule has 2 unspecified atom stereocenters. The highest BCUT2D eigenvalue weighted by atomic mass is 35.5. The summed E-state index contributed by atoms with van der Waals surface area (Å²) in [5, 5.41) is 10.8. The highest BCUT2D eigenvalue weighted by Gasteiger charge is 2.19. The highest BCUT2D eigenvalue weighted by molar-refractivity contribution is 5.92. The second kappa shape index (κ2) is 7.88. The molecular weight excluding hydrogens is 352 g/mol. The number of hydrogen-bond acceptors (Lipinski definition) is 4. The summed E-state index contributed by atoms with van der Waals surface area (Å²) in [7, 11) is 0. The topological polar surface area (TPSA) is 87.6 Å². The summed E-state index contributed by atoms with van der Waals surface area (Å²) in [6, 6.07) is 9.70. The van der Waals surface area contributed by atoms with Gasteiger partial charge in [0, 0.05) is 12.7 Å². The van der Waals surface area contributed by atoms with Gasteiger partial charge in [-0.2, -0.15) is 5.10 Å². The number of hydrogen-bond donors (Lipinski definition) is 3. The Hall–Kier alpha value is -2.38. The quantitative estimate of drug-likeness (QED) is 0.655. The van der Waals surface area contributed by atoms with Gasteiger partial charge < -0.3 is 15.6 Å². The van der Waals surface area contributed by atoms with E-state index in [1.54, 1.807) is 6.07 Å². The maximum Gasteiger partial charge on any atom is 0.272 e. The van der Waals surface area contributed by atoms with Crippen molar-refractivity contribution in [2.75, 3.05) is 13.1 Å². The zero-order chi connectivity index (χ0) is 17.2. The minimum absolute atomic E-state index is 0. The predicted octanol–water partition coefficient (Wildman–Crippen LogP) is 2.60. The number of benzene rings is 1. The summed E-state index contributed by atoms with van der Waals surface area (Å²) < 4.78 is 1.90. The van der Waals surface area contributed by atoms with Gasteiger partial charge in [0.2, 0.25) is 0 Å². The first-order valence-corrected chi connectivity index (χ1v) is 8.72. The van der Waals surface area contributed by atoms with Crippen molar-refractivity contribution in [2.45, 2.75) is 31.8 Å². The van der Waals surface area contributed by atoms with Crippen LogP contribution in [0.2, 0.25) is 0 Å². The fraction of sp³-hybridized carbons (Fsp3) is 0.389. The normalized spacial score (nSPS) is 18.3. The number of piperidine rings is 1. The molecule has 26 heavy (non-hydrogen) atoms. The molecular formula is C18H23ClN6O. The van der Waals surface area contributed by atoms with Gasteiger partial charge in [0.15, 0.2) is 0 Å². The van der Waals surface area contributed by atoms with Crippen molar-refractivity contribution in [3.05, 3.63) is 48.0 Å². The van der Waals surface area contributed by atoms with Crippen LogP contribution in [0.25, 0.3) is 11.0 Å². The molecule has 1 saturated heterocycles. The molecule has 2 atom stereocenters. The van der Waals surface area contributed by atoms with Crippen LogP contribution in [0, 0.1) is 0 Å². The third kappa shape index (κ3) is 3.73. The molecule has 7 nitrogen and oxygen atoms in total. The molecule has 1 fully saturated rings. The van der Waals surface area contributed by atoms with Crippen LogP contribution in [0.3, 0.4) is 0 Å². The fourth-order valence-electron chi connectivity index (χ4n) is 3.24. The van der Waals surface area contributed by atoms with Gasteiger partial charge in [0.05, 0.1) is 23.1 Å². The number of para-hydroxylation sites is 2. The number of fused-ring (bicyclic) bond motifs is 1. The van der Waals surface area contributed by atoms with Gasteiger partial charge in [-0.15, -0.1) is 12.4 Å². The molecule has 3 heterocycles. The van der Waals surface area contributed by atoms with E-state index in [1.165, 1.54) is 0 Å². The van der Waals surface area contributed by atoms with E-state index in [4.69, 9.17) is 0 Å². The van der Waals surface area contributed by atoms with Crippen LogP contribution in [0.5, 0.6) is 0 Å². The number of nitrogens with one attached hydrogen (secondary N) is 3. The Morgan fingerprint density at radius 2 is 2.19 bits per heavy atom. The van der Waals surface area contributed by atoms with Gasteiger partial charge in [0.1, 0.15) is 11.5 Å². The summed E-state index contributed by atoms with van der Waals surface area (Å²) in [5.74, 6) is 0.556. The minimum atomic E-state index is -0.221. The summed E-state index contributed by atoms with van der Waals surface area (Å²) >= 11 is 0. The Kier molecular flexibility index (Phi) is 5.58. The zero-order valence-corrected chi connectivity index (χ0v) is 15.4. The molecule has 1 aromatic carbocycles. The number of aromatic amines is 1. The molecule has 0 radical (unpaired) electrons. The Balaban J connectivity index is 0.00000196. The number of imidazole rings is 1. The molecule has 0 bridgehead atoms. The zero-order valence-electron chi connectivity index (χ0n) is 14.6. The van der Waals surface area contributed by atoms with Crippen LogP contribution in [0.15, 0.2) is 36.5 Å². The number of nitrogens with zero attached hydrogens (tertiary/aromatic N) is 3. The van der Waals surface area contributed by atoms with Crippen LogP contribution < -0.4 is 10.6 Å². The summed E-state index contributed by atoms with van der Waals surface area (Å²) in [4.78, 5) is 20.3. The average Bonchev–Trinajstić information content (AvgIpc) is 3.29. The van der Waals surface area contributed by atoms with Gasteiger partial charge in [-0.1, -0.05) is 12.1 Å². The number of rotatable bonds is 4. The lowest BCUT2D eigenvalue weighted by molar-refractivity contribution is 0.0932. The molecule has 3 N–H and O–H groups in total. The third-order valence-electron chi connectivity index (χ3n) is 4.65. The molecule has 1 amide bonds. The lowest BCUT2D eigenvalue weighted by Crippen LogP contribution is -2.32. The van der Waals surface area contributed by atoms with Gasteiger partial charge in [-0.25, -0.2) is 4.98 Å². The molecule has 0 spiro atoms. The highest BCUT2D eigenvalue weighted by Crippen LogP contribution is 2.17. The first kappa shape index (κ1) is 18.4. The van der Waals surface area contributed by atoms with Crippen molar-refractivity contribution in [3.8, 4) is 0 Å². The predicted molar refractivity (Wildman–Crippen MR) is 103 cm³/mol. The second-order valence-corrected chi connectivity index (χ2v) is 6.52. The SMILES string of the molecule is CC(NC(=O)c1ccn(C2CCCNC2)n1)c1nc2ccccc2[nH]1.Cl. The minimum Gasteiger partial charge on any atom is -0.341 e. The van der Waals surface area contributed by atoms with Crippen molar-refractivity contribution < 1.29 is 4.79 Å². The number of carbonyl (C=O) groups is 1. The molecule has 0 saturated carbocycles. The Bertz CT molecular complexity index is 850. The molecule has 1 aliphatic rings. The summed E-state index contributed by atoms with van der Waals surface area (Å²) in [6.07, 6.45) is 4.11. The maximum absolute atomic E-state index is 12.5. The van der Waals surface area contributed by atoms with Crippen molar-refractivity contribution in [1.82, 2.24) is 30.4 Å². The smallest absolute Gasteiger partial charge is 0.272 e. The first-order valence-electron chi connectivity index (χ1n) is 8.72. The van der Waals surface area contributed by atoms with E-state index in [9.17, 15) is 4.79 Å². The van der Waals surface area contributed by atoms with Crippen LogP contribution in [0.1, 0.15) is 48.2 Å². The standard InChI is InChI=1S/C18H22N6O.ClH/c1-12(17-21-14-6-2-3-7-15(14)22-17)20-18(25)16-8-10-24(23-16)13-5-4-9-19-11-13;/h2-3,6-8,10,12-13,19H,4-5,9,11H2,1H3,(H,20,25)(H,21,22);1H. The molecule has 8 heteroatoms. The number of amides is 1. The Labute approximate surface area is 158 Å². The van der Waals surface area contributed by atoms with Gasteiger partial charge in [0.25, 0.3) is 5.91 Å². The van der Waals surface area contributed by atoms with E-state index in [0.29, 0.717) is 11.7 Å². The summed E-state index contributed by atoms with van der Waals surface area (Å²) in [6.45, 7) is 3.87. The van der Waals surface area contributed by atoms with Crippen molar-refractivity contribution in [3.63, 3.8) is 0 Å². The third-order valence-corrected chi connectivity index (χ3v) is 4.65. The Morgan fingerprint density at radius 1 is 1.35 bits per heavy atom. The lowest BCUT2D eigenvalue weighted by Gasteiger charge is -2.22. The first-order chi connectivity index (χ1) is 12.2. The van der Waals surface area contributed by atoms with Crippen molar-refractivity contribution in [1.29, 1.82) is 0 Å². The van der Waals surface area contributed by atoms with Gasteiger partial charge >= 0.3 is 0 Å². The van der Waals surface area contributed by atoms with E-state index in [2.05, 4.69) is 25.7 Å². The summed E-state index contributed by atoms with van der Waals surface area (Å²) in [5.41, 5.74) is 2.30. The van der Waals surface area contributed by atoms with E-state index in [-0.39, 0.29) is 24.4 Å². The number of halogens is 1. The number of carbonyl (C=O) groups excluding carboxylic acids is 1. The number of aromatic nitrogens is 4. The van der Waals surface area contributed by atoms with E-state index >= 15 is 0 Å². The van der Waals surface area contributed by atoms with Crippen LogP contribution in [-0.2, 0) is 0 Å². The average molecular weight is 375 g/mol. The molecule has 1 aliphatic heterocycles. The van der Waals surface area contributed by atoms with Crippen LogP contribution in [-0.4, -0.2) is 38.7 Å². The molecule has 3 aromatic rings. The molecule has 2 aromatic heterocycles. The van der Waals surface area contributed by atoms with Crippen LogP contribution >= 0.6 is 12.4 Å². The van der Waals surface area contributed by atoms with E-state index in [1.807, 2.05) is 42.1 Å². The van der Waals surface area contributed by atoms with Crippen molar-refractivity contribution >= 4 is 29.3 Å². The molecule has 0 aliphatic carbocycles. The largest absolute Gasteiger partial charge is 0.341 e. The lowest BCUT2D eigenvalue weighted by atomic mass is 10.1. The van der Waals surface area contributed by atoms with Crippen LogP contribution in [0.4, 0.5) is 0 Å². The maximum atomic E-state index is 12.5. The number of H-pyrrole nitrogens is 1. The van der Waals surface area contributed by atoms with Gasteiger partial charge in [-0.05, 0) is 44.5 Å². The fourth-order valence-corrected chi connectivity index (χ4v) is 3.24. The Morgan fingerprint density at radius 3 is 2.96 bits per heavy atom. The van der Waals surface area contributed by atoms with E-state index in [0.717, 1.165) is 42.8 Å². The monoisotopic (exact) mass is 374 g/mol. The molecule has 138 valence electrons. The van der Waals surface area contributed by atoms with E-state index < -0.39 is 0 Å².